The number of benzene rings is 3. The van der Waals surface area contributed by atoms with Crippen molar-refractivity contribution < 1.29 is 18.7 Å². The summed E-state index contributed by atoms with van der Waals surface area (Å²) in [6.45, 7) is 1.93. The van der Waals surface area contributed by atoms with Gasteiger partial charge < -0.3 is 14.8 Å². The van der Waals surface area contributed by atoms with Crippen LogP contribution in [0.5, 0.6) is 11.5 Å². The number of nitrogens with zero attached hydrogens (tertiary/aromatic N) is 1. The first kappa shape index (κ1) is 23.8. The monoisotopic (exact) mass is 464 g/mol. The lowest BCUT2D eigenvalue weighted by molar-refractivity contribution is -0.117. The number of nitriles is 1. The smallest absolute Gasteiger partial charge is 0.262 e. The highest BCUT2D eigenvalue weighted by atomic mass is 35.5. The van der Waals surface area contributed by atoms with Crippen LogP contribution in [0.2, 0.25) is 5.02 Å². The number of carbonyl (C=O) groups excluding carboxylic acids is 1. The van der Waals surface area contributed by atoms with E-state index in [4.69, 9.17) is 21.1 Å². The summed E-state index contributed by atoms with van der Waals surface area (Å²) >= 11 is 6.39. The van der Waals surface area contributed by atoms with E-state index in [1.165, 1.54) is 25.3 Å². The summed E-state index contributed by atoms with van der Waals surface area (Å²) in [5.41, 5.74) is 1.97. The van der Waals surface area contributed by atoms with Gasteiger partial charge >= 0.3 is 0 Å². The third-order valence-corrected chi connectivity index (χ3v) is 5.13. The molecule has 0 saturated heterocycles. The standard InChI is InChI=1S/C26H22ClFN2O3/c1-17(20-8-4-3-5-9-20)30-26(31)21(15-29)11-19-13-23(27)25(24(14-19)32-2)33-16-18-7-6-10-22(28)12-18/h3-14,17H,16H2,1-2H3,(H,30,31)/b21-11-/t17-/m0/s1. The van der Waals surface area contributed by atoms with E-state index >= 15 is 0 Å². The van der Waals surface area contributed by atoms with Gasteiger partial charge in [0.15, 0.2) is 11.5 Å². The Hall–Kier alpha value is -3.82. The Labute approximate surface area is 197 Å². The quantitative estimate of drug-likeness (QED) is 0.335. The maximum Gasteiger partial charge on any atom is 0.262 e. The van der Waals surface area contributed by atoms with E-state index in [-0.39, 0.29) is 34.8 Å². The van der Waals surface area contributed by atoms with Crippen LogP contribution in [0.25, 0.3) is 6.08 Å². The average Bonchev–Trinajstić information content (AvgIpc) is 2.82. The van der Waals surface area contributed by atoms with Crippen LogP contribution in [0.15, 0.2) is 72.3 Å². The van der Waals surface area contributed by atoms with Crippen molar-refractivity contribution in [1.29, 1.82) is 5.26 Å². The molecule has 5 nitrogen and oxygen atoms in total. The van der Waals surface area contributed by atoms with Gasteiger partial charge in [-0.15, -0.1) is 0 Å². The van der Waals surface area contributed by atoms with Crippen LogP contribution in [0.1, 0.15) is 29.7 Å². The molecule has 0 aromatic heterocycles. The van der Waals surface area contributed by atoms with Gasteiger partial charge in [0.25, 0.3) is 5.91 Å². The minimum Gasteiger partial charge on any atom is -0.493 e. The third-order valence-electron chi connectivity index (χ3n) is 4.85. The van der Waals surface area contributed by atoms with Crippen LogP contribution in [-0.2, 0) is 11.4 Å². The Kier molecular flexibility index (Phi) is 8.06. The molecule has 1 N–H and O–H groups in total. The molecule has 3 rings (SSSR count). The number of methoxy groups -OCH3 is 1. The SMILES string of the molecule is COc1cc(/C=C(/C#N)C(=O)N[C@@H](C)c2ccccc2)cc(Cl)c1OCc1cccc(F)c1. The average molecular weight is 465 g/mol. The van der Waals surface area contributed by atoms with Gasteiger partial charge in [0.1, 0.15) is 24.1 Å². The summed E-state index contributed by atoms with van der Waals surface area (Å²) < 4.78 is 24.5. The Bertz CT molecular complexity index is 1210. The molecule has 0 fully saturated rings. The van der Waals surface area contributed by atoms with Gasteiger partial charge in [0.2, 0.25) is 0 Å². The molecule has 0 spiro atoms. The Balaban J connectivity index is 1.79. The highest BCUT2D eigenvalue weighted by Crippen LogP contribution is 2.37. The van der Waals surface area contributed by atoms with Crippen LogP contribution in [-0.4, -0.2) is 13.0 Å². The number of ether oxygens (including phenoxy) is 2. The lowest BCUT2D eigenvalue weighted by Gasteiger charge is -2.15. The van der Waals surface area contributed by atoms with E-state index in [0.717, 1.165) is 5.56 Å². The zero-order valence-corrected chi connectivity index (χ0v) is 18.9. The lowest BCUT2D eigenvalue weighted by Crippen LogP contribution is -2.27. The van der Waals surface area contributed by atoms with Gasteiger partial charge in [0, 0.05) is 0 Å². The summed E-state index contributed by atoms with van der Waals surface area (Å²) in [4.78, 5) is 12.6. The van der Waals surface area contributed by atoms with Gasteiger partial charge in [-0.2, -0.15) is 5.26 Å². The van der Waals surface area contributed by atoms with Crippen molar-refractivity contribution in [2.75, 3.05) is 7.11 Å². The van der Waals surface area contributed by atoms with Crippen LogP contribution in [0.3, 0.4) is 0 Å². The molecule has 1 amide bonds. The van der Waals surface area contributed by atoms with Crippen LogP contribution < -0.4 is 14.8 Å². The molecule has 7 heteroatoms. The van der Waals surface area contributed by atoms with Gasteiger partial charge in [-0.25, -0.2) is 4.39 Å². The zero-order valence-electron chi connectivity index (χ0n) is 18.1. The van der Waals surface area contributed by atoms with Crippen molar-refractivity contribution in [3.05, 3.63) is 99.8 Å². The fourth-order valence-electron chi connectivity index (χ4n) is 3.16. The van der Waals surface area contributed by atoms with Gasteiger partial charge in [-0.3, -0.25) is 4.79 Å². The number of carbonyl (C=O) groups is 1. The predicted molar refractivity (Wildman–Crippen MR) is 125 cm³/mol. The molecule has 1 atom stereocenters. The molecule has 0 saturated carbocycles. The van der Waals surface area contributed by atoms with Gasteiger partial charge in [-0.1, -0.05) is 54.1 Å². The number of amides is 1. The number of hydrogen-bond acceptors (Lipinski definition) is 4. The van der Waals surface area contributed by atoms with Crippen LogP contribution in [0.4, 0.5) is 4.39 Å². The normalized spacial score (nSPS) is 11.9. The van der Waals surface area contributed by atoms with E-state index in [9.17, 15) is 14.4 Å². The van der Waals surface area contributed by atoms with Crippen molar-refractivity contribution in [2.45, 2.75) is 19.6 Å². The fourth-order valence-corrected chi connectivity index (χ4v) is 3.43. The second kappa shape index (κ2) is 11.2. The lowest BCUT2D eigenvalue weighted by atomic mass is 10.1. The topological polar surface area (TPSA) is 71.3 Å². The van der Waals surface area contributed by atoms with E-state index in [2.05, 4.69) is 5.32 Å². The fraction of sp³-hybridized carbons (Fsp3) is 0.154. The molecule has 0 heterocycles. The number of nitrogens with one attached hydrogen (secondary N) is 1. The van der Waals surface area contributed by atoms with Crippen LogP contribution in [0, 0.1) is 17.1 Å². The second-order valence-corrected chi connectivity index (χ2v) is 7.64. The highest BCUT2D eigenvalue weighted by molar-refractivity contribution is 6.32. The van der Waals surface area contributed by atoms with E-state index < -0.39 is 5.91 Å². The van der Waals surface area contributed by atoms with E-state index in [1.807, 2.05) is 43.3 Å². The molecule has 3 aromatic rings. The summed E-state index contributed by atoms with van der Waals surface area (Å²) in [5.74, 6) is -0.268. The zero-order chi connectivity index (χ0) is 23.8. The van der Waals surface area contributed by atoms with Gasteiger partial charge in [-0.05, 0) is 54.0 Å². The molecule has 3 aromatic carbocycles. The first-order chi connectivity index (χ1) is 15.9. The first-order valence-electron chi connectivity index (χ1n) is 10.1. The third kappa shape index (κ3) is 6.34. The Morgan fingerprint density at radius 3 is 2.61 bits per heavy atom. The molecular formula is C26H22ClFN2O3. The number of rotatable bonds is 8. The molecular weight excluding hydrogens is 443 g/mol. The van der Waals surface area contributed by atoms with Crippen molar-refractivity contribution in [3.63, 3.8) is 0 Å². The largest absolute Gasteiger partial charge is 0.493 e. The molecule has 0 aliphatic rings. The second-order valence-electron chi connectivity index (χ2n) is 7.23. The molecule has 0 aliphatic heterocycles. The molecule has 168 valence electrons. The molecule has 33 heavy (non-hydrogen) atoms. The molecule has 0 aliphatic carbocycles. The summed E-state index contributed by atoms with van der Waals surface area (Å²) in [6, 6.07) is 20.3. The maximum atomic E-state index is 13.4. The number of halogens is 2. The summed E-state index contributed by atoms with van der Waals surface area (Å²) in [6.07, 6.45) is 1.43. The minimum atomic E-state index is -0.504. The van der Waals surface area contributed by atoms with Crippen LogP contribution >= 0.6 is 11.6 Å². The van der Waals surface area contributed by atoms with Crippen molar-refractivity contribution >= 4 is 23.6 Å². The van der Waals surface area contributed by atoms with Gasteiger partial charge in [0.05, 0.1) is 18.2 Å². The van der Waals surface area contributed by atoms with Crippen molar-refractivity contribution in [2.24, 2.45) is 0 Å². The van der Waals surface area contributed by atoms with E-state index in [0.29, 0.717) is 16.9 Å². The molecule has 0 radical (unpaired) electrons. The van der Waals surface area contributed by atoms with E-state index in [1.54, 1.807) is 24.3 Å². The minimum absolute atomic E-state index is 0.0793. The Morgan fingerprint density at radius 1 is 1.18 bits per heavy atom. The van der Waals surface area contributed by atoms with Crippen molar-refractivity contribution in [1.82, 2.24) is 5.32 Å². The Morgan fingerprint density at radius 2 is 1.94 bits per heavy atom. The summed E-state index contributed by atoms with van der Waals surface area (Å²) in [5, 5.41) is 12.6. The summed E-state index contributed by atoms with van der Waals surface area (Å²) in [7, 11) is 1.45. The van der Waals surface area contributed by atoms with Crippen molar-refractivity contribution in [3.8, 4) is 17.6 Å². The maximum absolute atomic E-state index is 13.4. The molecule has 0 unspecified atom stereocenters. The molecule has 0 bridgehead atoms. The predicted octanol–water partition coefficient (Wildman–Crippen LogP) is 5.85. The number of hydrogen-bond donors (Lipinski definition) is 1. The highest BCUT2D eigenvalue weighted by Gasteiger charge is 2.16. The first-order valence-corrected chi connectivity index (χ1v) is 10.5.